The average Bonchev–Trinajstić information content (AvgIpc) is 2.89. The molecule has 1 aromatic rings. The number of hydrogen-bond acceptors (Lipinski definition) is 5. The van der Waals surface area contributed by atoms with E-state index in [1.807, 2.05) is 6.08 Å². The van der Waals surface area contributed by atoms with E-state index in [1.165, 1.54) is 28.9 Å². The van der Waals surface area contributed by atoms with Gasteiger partial charge in [-0.3, -0.25) is 14.3 Å². The fourth-order valence-electron chi connectivity index (χ4n) is 2.50. The van der Waals surface area contributed by atoms with Crippen molar-refractivity contribution in [1.82, 2.24) is 9.55 Å². The molecule has 1 aromatic heterocycles. The molecule has 0 radical (unpaired) electrons. The van der Waals surface area contributed by atoms with Crippen LogP contribution in [0.15, 0.2) is 33.5 Å². The van der Waals surface area contributed by atoms with Crippen LogP contribution in [0.4, 0.5) is 0 Å². The number of aliphatic hydroxyl groups is 1. The van der Waals surface area contributed by atoms with Gasteiger partial charge in [0.15, 0.2) is 0 Å². The average molecular weight is 354 g/mol. The number of aromatic nitrogens is 2. The molecule has 1 aliphatic rings. The Morgan fingerprint density at radius 2 is 2.17 bits per heavy atom. The molecular weight excluding hydrogens is 328 g/mol. The molecule has 0 saturated carbocycles. The molecule has 0 amide bonds. The summed E-state index contributed by atoms with van der Waals surface area (Å²) in [6.07, 6.45) is 4.06. The van der Waals surface area contributed by atoms with Crippen LogP contribution in [0.25, 0.3) is 0 Å². The number of allylic oxidation sites excluding steroid dienone is 1. The van der Waals surface area contributed by atoms with Gasteiger partial charge in [0.1, 0.15) is 0 Å². The van der Waals surface area contributed by atoms with Gasteiger partial charge >= 0.3 is 5.69 Å². The minimum Gasteiger partial charge on any atom is -0.392 e. The summed E-state index contributed by atoms with van der Waals surface area (Å²) in [5, 5.41) is 9.59. The molecule has 1 aliphatic carbocycles. The van der Waals surface area contributed by atoms with Crippen LogP contribution < -0.4 is 11.2 Å². The first-order chi connectivity index (χ1) is 11.2. The molecule has 2 atom stereocenters. The van der Waals surface area contributed by atoms with Gasteiger partial charge < -0.3 is 9.29 Å². The van der Waals surface area contributed by atoms with Gasteiger partial charge in [-0.1, -0.05) is 19.9 Å². The van der Waals surface area contributed by atoms with Crippen molar-refractivity contribution >= 4 is 12.0 Å². The smallest absolute Gasteiger partial charge is 0.328 e. The number of H-pyrrole nitrogens is 1. The van der Waals surface area contributed by atoms with Crippen molar-refractivity contribution in [2.45, 2.75) is 44.9 Å². The molecule has 134 valence electrons. The van der Waals surface area contributed by atoms with Crippen molar-refractivity contribution in [3.05, 3.63) is 44.8 Å². The van der Waals surface area contributed by atoms with E-state index in [1.54, 1.807) is 0 Å². The second kappa shape index (κ2) is 7.72. The Balaban J connectivity index is 2.03. The summed E-state index contributed by atoms with van der Waals surface area (Å²) in [5.41, 5.74) is 0.0341. The Bertz CT molecular complexity index is 705. The SMILES string of the molecule is CC(C)C(C)(C)SOC[C@H]1C[C@@H](n2ccc(=O)[nH]c2=O)C=C1CO. The van der Waals surface area contributed by atoms with E-state index in [2.05, 4.69) is 32.7 Å². The lowest BCUT2D eigenvalue weighted by molar-refractivity contribution is 0.260. The predicted octanol–water partition coefficient (Wildman–Crippen LogP) is 2.12. The number of hydrogen-bond donors (Lipinski definition) is 2. The number of aliphatic hydroxyl groups excluding tert-OH is 1. The summed E-state index contributed by atoms with van der Waals surface area (Å²) in [5.74, 6) is 0.542. The zero-order valence-corrected chi connectivity index (χ0v) is 15.4. The molecule has 0 fully saturated rings. The topological polar surface area (TPSA) is 84.3 Å². The summed E-state index contributed by atoms with van der Waals surface area (Å²) in [7, 11) is 0. The van der Waals surface area contributed by atoms with Crippen molar-refractivity contribution in [3.63, 3.8) is 0 Å². The first-order valence-corrected chi connectivity index (χ1v) is 8.92. The van der Waals surface area contributed by atoms with Gasteiger partial charge in [-0.15, -0.1) is 0 Å². The van der Waals surface area contributed by atoms with E-state index >= 15 is 0 Å². The molecule has 2 rings (SSSR count). The summed E-state index contributed by atoms with van der Waals surface area (Å²) in [4.78, 5) is 25.4. The summed E-state index contributed by atoms with van der Waals surface area (Å²) in [6.45, 7) is 9.03. The van der Waals surface area contributed by atoms with Crippen LogP contribution in [0, 0.1) is 11.8 Å². The van der Waals surface area contributed by atoms with Crippen LogP contribution in [0.2, 0.25) is 0 Å². The van der Waals surface area contributed by atoms with Crippen molar-refractivity contribution < 1.29 is 9.29 Å². The maximum absolute atomic E-state index is 11.9. The van der Waals surface area contributed by atoms with E-state index in [-0.39, 0.29) is 23.3 Å². The van der Waals surface area contributed by atoms with Gasteiger partial charge in [-0.25, -0.2) is 4.79 Å². The zero-order valence-electron chi connectivity index (χ0n) is 14.6. The van der Waals surface area contributed by atoms with E-state index < -0.39 is 11.2 Å². The molecule has 1 heterocycles. The maximum Gasteiger partial charge on any atom is 0.328 e. The van der Waals surface area contributed by atoms with Crippen LogP contribution in [-0.4, -0.2) is 32.6 Å². The van der Waals surface area contributed by atoms with E-state index in [4.69, 9.17) is 4.18 Å². The molecule has 0 spiro atoms. The molecule has 0 aromatic carbocycles. The third-order valence-corrected chi connectivity index (χ3v) is 5.94. The van der Waals surface area contributed by atoms with Crippen molar-refractivity contribution in [3.8, 4) is 0 Å². The van der Waals surface area contributed by atoms with Crippen LogP contribution in [0.1, 0.15) is 40.2 Å². The highest BCUT2D eigenvalue weighted by Crippen LogP contribution is 2.37. The normalized spacial score (nSPS) is 21.3. The molecule has 24 heavy (non-hydrogen) atoms. The zero-order chi connectivity index (χ0) is 17.9. The van der Waals surface area contributed by atoms with Gasteiger partial charge in [-0.05, 0) is 43.8 Å². The fourth-order valence-corrected chi connectivity index (χ4v) is 3.23. The highest BCUT2D eigenvalue weighted by atomic mass is 32.2. The quantitative estimate of drug-likeness (QED) is 0.579. The van der Waals surface area contributed by atoms with E-state index in [0.29, 0.717) is 18.9 Å². The summed E-state index contributed by atoms with van der Waals surface area (Å²) >= 11 is 1.46. The van der Waals surface area contributed by atoms with Gasteiger partial charge in [0.2, 0.25) is 0 Å². The monoisotopic (exact) mass is 354 g/mol. The molecule has 7 heteroatoms. The van der Waals surface area contributed by atoms with Gasteiger partial charge in [-0.2, -0.15) is 0 Å². The van der Waals surface area contributed by atoms with Crippen molar-refractivity contribution in [1.29, 1.82) is 0 Å². The molecule has 2 N–H and O–H groups in total. The largest absolute Gasteiger partial charge is 0.392 e. The molecule has 0 aliphatic heterocycles. The molecule has 6 nitrogen and oxygen atoms in total. The van der Waals surface area contributed by atoms with Gasteiger partial charge in [0, 0.05) is 22.9 Å². The summed E-state index contributed by atoms with van der Waals surface area (Å²) in [6, 6.07) is 1.16. The van der Waals surface area contributed by atoms with Crippen LogP contribution in [-0.2, 0) is 4.18 Å². The highest BCUT2D eigenvalue weighted by Gasteiger charge is 2.30. The van der Waals surface area contributed by atoms with E-state index in [9.17, 15) is 14.7 Å². The molecule has 0 unspecified atom stereocenters. The van der Waals surface area contributed by atoms with Gasteiger partial charge in [0.05, 0.1) is 19.3 Å². The third-order valence-electron chi connectivity index (χ3n) is 4.78. The first-order valence-electron chi connectivity index (χ1n) is 8.18. The highest BCUT2D eigenvalue weighted by molar-refractivity contribution is 7.96. The second-order valence-corrected chi connectivity index (χ2v) is 8.50. The standard InChI is InChI=1S/C17H26N2O4S/c1-11(2)17(3,4)24-23-10-13-8-14(7-12(13)9-20)19-6-5-15(21)18-16(19)22/h5-7,11,13-14,20H,8-10H2,1-4H3,(H,18,21,22)/t13-,14+/m1/s1. The lowest BCUT2D eigenvalue weighted by Crippen LogP contribution is -2.30. The number of nitrogens with zero attached hydrogens (tertiary/aromatic N) is 1. The van der Waals surface area contributed by atoms with Crippen LogP contribution >= 0.6 is 12.0 Å². The second-order valence-electron chi connectivity index (χ2n) is 7.04. The van der Waals surface area contributed by atoms with Crippen molar-refractivity contribution in [2.24, 2.45) is 11.8 Å². The predicted molar refractivity (Wildman–Crippen MR) is 96.1 cm³/mol. The molecule has 0 bridgehead atoms. The maximum atomic E-state index is 11.9. The minimum atomic E-state index is -0.432. The Morgan fingerprint density at radius 1 is 1.46 bits per heavy atom. The summed E-state index contributed by atoms with van der Waals surface area (Å²) < 4.78 is 7.33. The Kier molecular flexibility index (Phi) is 6.11. The Morgan fingerprint density at radius 3 is 2.75 bits per heavy atom. The molecule has 0 saturated heterocycles. The number of rotatable bonds is 7. The fraction of sp³-hybridized carbons (Fsp3) is 0.647. The van der Waals surface area contributed by atoms with Crippen molar-refractivity contribution in [2.75, 3.05) is 13.2 Å². The Labute approximate surface area is 146 Å². The minimum absolute atomic E-state index is 0.0109. The van der Waals surface area contributed by atoms with E-state index in [0.717, 1.165) is 5.57 Å². The molecular formula is C17H26N2O4S. The Hall–Kier alpha value is -1.31. The number of nitrogens with one attached hydrogen (secondary N) is 1. The lowest BCUT2D eigenvalue weighted by Gasteiger charge is -2.28. The third kappa shape index (κ3) is 4.40. The first kappa shape index (κ1) is 19.0. The van der Waals surface area contributed by atoms with Crippen LogP contribution in [0.5, 0.6) is 0 Å². The van der Waals surface area contributed by atoms with Crippen LogP contribution in [0.3, 0.4) is 0 Å². The lowest BCUT2D eigenvalue weighted by atomic mass is 10.00. The van der Waals surface area contributed by atoms with Gasteiger partial charge in [0.25, 0.3) is 5.56 Å². The number of aromatic amines is 1.